The summed E-state index contributed by atoms with van der Waals surface area (Å²) in [4.78, 5) is 2.16. The standard InChI is InChI=1S/C20H23NO2/c1-2-3-13-22-19-9-6-10-20(14-19)23-16-21-12-11-17-7-4-5-8-18(17)15-21/h4-12,14H,2-3,13,15-16H2,1H3. The van der Waals surface area contributed by atoms with Crippen molar-refractivity contribution in [1.82, 2.24) is 4.90 Å². The van der Waals surface area contributed by atoms with Crippen molar-refractivity contribution in [1.29, 1.82) is 0 Å². The van der Waals surface area contributed by atoms with Crippen LogP contribution in [0.15, 0.2) is 54.7 Å². The molecule has 3 heteroatoms. The fourth-order valence-electron chi connectivity index (χ4n) is 2.53. The Bertz CT molecular complexity index is 666. The first-order chi connectivity index (χ1) is 11.3. The van der Waals surface area contributed by atoms with Gasteiger partial charge < -0.3 is 14.4 Å². The highest BCUT2D eigenvalue weighted by atomic mass is 16.5. The van der Waals surface area contributed by atoms with Crippen molar-refractivity contribution in [3.8, 4) is 11.5 Å². The Morgan fingerprint density at radius 1 is 1.00 bits per heavy atom. The number of hydrogen-bond donors (Lipinski definition) is 0. The molecule has 3 rings (SSSR count). The molecule has 0 unspecified atom stereocenters. The lowest BCUT2D eigenvalue weighted by atomic mass is 10.1. The van der Waals surface area contributed by atoms with Gasteiger partial charge in [0.2, 0.25) is 0 Å². The van der Waals surface area contributed by atoms with E-state index in [1.54, 1.807) is 0 Å². The maximum Gasteiger partial charge on any atom is 0.161 e. The number of unbranched alkanes of at least 4 members (excludes halogenated alkanes) is 1. The lowest BCUT2D eigenvalue weighted by Crippen LogP contribution is -2.24. The molecule has 0 fully saturated rings. The first kappa shape index (κ1) is 15.5. The van der Waals surface area contributed by atoms with Gasteiger partial charge in [-0.2, -0.15) is 0 Å². The van der Waals surface area contributed by atoms with Crippen LogP contribution >= 0.6 is 0 Å². The van der Waals surface area contributed by atoms with Crippen molar-refractivity contribution >= 4 is 6.08 Å². The molecule has 0 aliphatic carbocycles. The van der Waals surface area contributed by atoms with Crippen LogP contribution in [0, 0.1) is 0 Å². The molecule has 2 aromatic carbocycles. The van der Waals surface area contributed by atoms with Gasteiger partial charge in [-0.05, 0) is 35.8 Å². The molecule has 0 bridgehead atoms. The molecule has 0 saturated heterocycles. The van der Waals surface area contributed by atoms with E-state index in [9.17, 15) is 0 Å². The highest BCUT2D eigenvalue weighted by molar-refractivity contribution is 5.55. The van der Waals surface area contributed by atoms with E-state index in [2.05, 4.69) is 48.4 Å². The van der Waals surface area contributed by atoms with Crippen molar-refractivity contribution in [3.63, 3.8) is 0 Å². The van der Waals surface area contributed by atoms with Crippen molar-refractivity contribution in [2.24, 2.45) is 0 Å². The smallest absolute Gasteiger partial charge is 0.161 e. The van der Waals surface area contributed by atoms with Crippen LogP contribution in [0.5, 0.6) is 11.5 Å². The predicted molar refractivity (Wildman–Crippen MR) is 93.4 cm³/mol. The third-order valence-corrected chi connectivity index (χ3v) is 3.86. The summed E-state index contributed by atoms with van der Waals surface area (Å²) in [5.74, 6) is 1.71. The summed E-state index contributed by atoms with van der Waals surface area (Å²) < 4.78 is 11.6. The fourth-order valence-corrected chi connectivity index (χ4v) is 2.53. The SMILES string of the molecule is CCCCOc1cccc(OCN2C=Cc3ccccc3C2)c1. The number of fused-ring (bicyclic) bond motifs is 1. The molecular formula is C20H23NO2. The van der Waals surface area contributed by atoms with Crippen LogP contribution in [0.4, 0.5) is 0 Å². The molecule has 0 amide bonds. The van der Waals surface area contributed by atoms with E-state index in [-0.39, 0.29) is 0 Å². The lowest BCUT2D eigenvalue weighted by Gasteiger charge is -2.25. The van der Waals surface area contributed by atoms with E-state index in [1.165, 1.54) is 11.1 Å². The van der Waals surface area contributed by atoms with Crippen LogP contribution in [-0.4, -0.2) is 18.2 Å². The minimum Gasteiger partial charge on any atom is -0.493 e. The van der Waals surface area contributed by atoms with E-state index >= 15 is 0 Å². The molecule has 0 radical (unpaired) electrons. The van der Waals surface area contributed by atoms with Crippen molar-refractivity contribution in [3.05, 3.63) is 65.9 Å². The van der Waals surface area contributed by atoms with E-state index in [4.69, 9.17) is 9.47 Å². The van der Waals surface area contributed by atoms with Gasteiger partial charge in [-0.15, -0.1) is 0 Å². The van der Waals surface area contributed by atoms with Crippen molar-refractivity contribution in [2.45, 2.75) is 26.3 Å². The summed E-state index contributed by atoms with van der Waals surface area (Å²) in [6, 6.07) is 16.3. The van der Waals surface area contributed by atoms with Gasteiger partial charge in [0.05, 0.1) is 6.61 Å². The molecule has 0 N–H and O–H groups in total. The number of hydrogen-bond acceptors (Lipinski definition) is 3. The van der Waals surface area contributed by atoms with Crippen LogP contribution in [0.25, 0.3) is 6.08 Å². The summed E-state index contributed by atoms with van der Waals surface area (Å²) in [7, 11) is 0. The van der Waals surface area contributed by atoms with E-state index in [1.807, 2.05) is 24.3 Å². The second-order valence-corrected chi connectivity index (χ2v) is 5.71. The Labute approximate surface area is 138 Å². The number of benzene rings is 2. The van der Waals surface area contributed by atoms with Crippen LogP contribution in [-0.2, 0) is 6.54 Å². The average Bonchev–Trinajstić information content (AvgIpc) is 2.60. The van der Waals surface area contributed by atoms with Gasteiger partial charge in [0, 0.05) is 18.8 Å². The second kappa shape index (κ2) is 7.73. The van der Waals surface area contributed by atoms with Crippen LogP contribution < -0.4 is 9.47 Å². The number of rotatable bonds is 7. The van der Waals surface area contributed by atoms with Gasteiger partial charge in [0.15, 0.2) is 6.73 Å². The molecule has 120 valence electrons. The van der Waals surface area contributed by atoms with Gasteiger partial charge in [-0.1, -0.05) is 43.7 Å². The fraction of sp³-hybridized carbons (Fsp3) is 0.300. The maximum atomic E-state index is 5.90. The van der Waals surface area contributed by atoms with E-state index in [0.717, 1.165) is 37.5 Å². The Hall–Kier alpha value is -2.42. The molecule has 1 aliphatic rings. The van der Waals surface area contributed by atoms with Crippen molar-refractivity contribution < 1.29 is 9.47 Å². The molecule has 1 aliphatic heterocycles. The highest BCUT2D eigenvalue weighted by Crippen LogP contribution is 2.22. The quantitative estimate of drug-likeness (QED) is 0.693. The van der Waals surface area contributed by atoms with Gasteiger partial charge in [0.1, 0.15) is 11.5 Å². The van der Waals surface area contributed by atoms with Gasteiger partial charge in [0.25, 0.3) is 0 Å². The van der Waals surface area contributed by atoms with E-state index < -0.39 is 0 Å². The minimum absolute atomic E-state index is 0.531. The minimum atomic E-state index is 0.531. The summed E-state index contributed by atoms with van der Waals surface area (Å²) in [5, 5.41) is 0. The number of nitrogens with zero attached hydrogens (tertiary/aromatic N) is 1. The molecule has 2 aromatic rings. The lowest BCUT2D eigenvalue weighted by molar-refractivity contribution is 0.165. The molecule has 1 heterocycles. The Kier molecular flexibility index (Phi) is 5.20. The first-order valence-corrected chi connectivity index (χ1v) is 8.21. The zero-order valence-electron chi connectivity index (χ0n) is 13.6. The molecular weight excluding hydrogens is 286 g/mol. The zero-order chi connectivity index (χ0) is 15.9. The summed E-state index contributed by atoms with van der Waals surface area (Å²) in [5.41, 5.74) is 2.62. The highest BCUT2D eigenvalue weighted by Gasteiger charge is 2.10. The predicted octanol–water partition coefficient (Wildman–Crippen LogP) is 4.69. The monoisotopic (exact) mass is 309 g/mol. The molecule has 0 atom stereocenters. The van der Waals surface area contributed by atoms with Crippen LogP contribution in [0.3, 0.4) is 0 Å². The van der Waals surface area contributed by atoms with Gasteiger partial charge in [-0.3, -0.25) is 0 Å². The molecule has 0 spiro atoms. The molecule has 0 saturated carbocycles. The Morgan fingerprint density at radius 2 is 1.83 bits per heavy atom. The van der Waals surface area contributed by atoms with Gasteiger partial charge >= 0.3 is 0 Å². The maximum absolute atomic E-state index is 5.90. The van der Waals surface area contributed by atoms with Gasteiger partial charge in [-0.25, -0.2) is 0 Å². The molecule has 3 nitrogen and oxygen atoms in total. The topological polar surface area (TPSA) is 21.7 Å². The summed E-state index contributed by atoms with van der Waals surface area (Å²) in [6.45, 7) is 4.32. The molecule has 23 heavy (non-hydrogen) atoms. The normalized spacial score (nSPS) is 12.8. The Morgan fingerprint density at radius 3 is 2.70 bits per heavy atom. The number of ether oxygens (including phenoxy) is 2. The average molecular weight is 309 g/mol. The Balaban J connectivity index is 1.54. The summed E-state index contributed by atoms with van der Waals surface area (Å²) >= 11 is 0. The van der Waals surface area contributed by atoms with E-state index in [0.29, 0.717) is 6.73 Å². The summed E-state index contributed by atoms with van der Waals surface area (Å²) in [6.07, 6.45) is 6.43. The third-order valence-electron chi connectivity index (χ3n) is 3.86. The zero-order valence-corrected chi connectivity index (χ0v) is 13.6. The van der Waals surface area contributed by atoms with Crippen LogP contribution in [0.2, 0.25) is 0 Å². The molecule has 0 aromatic heterocycles. The van der Waals surface area contributed by atoms with Crippen molar-refractivity contribution in [2.75, 3.05) is 13.3 Å². The second-order valence-electron chi connectivity index (χ2n) is 5.71. The largest absolute Gasteiger partial charge is 0.493 e. The third kappa shape index (κ3) is 4.28. The first-order valence-electron chi connectivity index (χ1n) is 8.21. The van der Waals surface area contributed by atoms with Crippen LogP contribution in [0.1, 0.15) is 30.9 Å².